The number of rotatable bonds is 3. The minimum atomic E-state index is -0.259. The number of halogens is 1. The Morgan fingerprint density at radius 3 is 2.88 bits per heavy atom. The van der Waals surface area contributed by atoms with Gasteiger partial charge in [-0.3, -0.25) is 4.57 Å². The molecule has 0 spiro atoms. The number of nitrogens with one attached hydrogen (secondary N) is 1. The molecule has 0 unspecified atom stereocenters. The van der Waals surface area contributed by atoms with E-state index in [4.69, 9.17) is 16.7 Å². The molecule has 0 saturated carbocycles. The van der Waals surface area contributed by atoms with E-state index in [2.05, 4.69) is 10.2 Å². The van der Waals surface area contributed by atoms with Crippen LogP contribution in [0.1, 0.15) is 5.56 Å². The number of nitrogens with zero attached hydrogens (tertiary/aromatic N) is 2. The Kier molecular flexibility index (Phi) is 3.56. The summed E-state index contributed by atoms with van der Waals surface area (Å²) < 4.78 is 1.42. The lowest BCUT2D eigenvalue weighted by molar-refractivity contribution is 0.282. The average Bonchev–Trinajstić information content (AvgIpc) is 2.61. The Morgan fingerprint density at radius 2 is 2.35 bits per heavy atom. The van der Waals surface area contributed by atoms with Crippen LogP contribution < -0.4 is 5.69 Å². The predicted molar refractivity (Wildman–Crippen MR) is 65.3 cm³/mol. The number of aliphatic hydroxyl groups excluding tert-OH is 1. The minimum Gasteiger partial charge on any atom is -0.392 e. The molecule has 2 rings (SSSR count). The van der Waals surface area contributed by atoms with Gasteiger partial charge in [0, 0.05) is 17.0 Å². The number of H-pyrrole nitrogens is 1. The summed E-state index contributed by atoms with van der Waals surface area (Å²) in [5, 5.41) is 16.3. The molecule has 0 saturated heterocycles. The summed E-state index contributed by atoms with van der Waals surface area (Å²) in [5.41, 5.74) is 0.414. The van der Waals surface area contributed by atoms with E-state index in [0.717, 1.165) is 4.90 Å². The molecule has 0 atom stereocenters. The van der Waals surface area contributed by atoms with Gasteiger partial charge >= 0.3 is 5.69 Å². The third-order valence-electron chi connectivity index (χ3n) is 2.24. The van der Waals surface area contributed by atoms with Gasteiger partial charge in [-0.25, -0.2) is 9.89 Å². The maximum absolute atomic E-state index is 11.2. The molecule has 0 amide bonds. The van der Waals surface area contributed by atoms with Crippen molar-refractivity contribution in [1.29, 1.82) is 0 Å². The fourth-order valence-electron chi connectivity index (χ4n) is 1.25. The van der Waals surface area contributed by atoms with Crippen LogP contribution in [0.5, 0.6) is 0 Å². The molecule has 2 N–H and O–H groups in total. The minimum absolute atomic E-state index is 0.0926. The molecule has 1 heterocycles. The number of aliphatic hydroxyl groups is 1. The molecular weight excluding hydrogens is 262 g/mol. The van der Waals surface area contributed by atoms with E-state index in [9.17, 15) is 4.79 Å². The maximum atomic E-state index is 11.2. The van der Waals surface area contributed by atoms with Crippen LogP contribution in [0.25, 0.3) is 0 Å². The van der Waals surface area contributed by atoms with Crippen LogP contribution in [0.15, 0.2) is 33.0 Å². The zero-order valence-corrected chi connectivity index (χ0v) is 10.5. The molecular formula is C10H10ClN3O2S. The first kappa shape index (κ1) is 12.2. The zero-order chi connectivity index (χ0) is 12.4. The van der Waals surface area contributed by atoms with E-state index in [1.807, 2.05) is 6.07 Å². The van der Waals surface area contributed by atoms with Gasteiger partial charge in [0.1, 0.15) is 0 Å². The van der Waals surface area contributed by atoms with Gasteiger partial charge in [0.05, 0.1) is 6.61 Å². The van der Waals surface area contributed by atoms with Crippen LogP contribution in [-0.4, -0.2) is 19.9 Å². The lowest BCUT2D eigenvalue weighted by Gasteiger charge is -2.04. The third-order valence-corrected chi connectivity index (χ3v) is 3.63. The molecule has 7 heteroatoms. The van der Waals surface area contributed by atoms with Crippen molar-refractivity contribution in [2.45, 2.75) is 16.7 Å². The molecule has 0 radical (unpaired) electrons. The van der Waals surface area contributed by atoms with E-state index >= 15 is 0 Å². The number of aromatic nitrogens is 3. The maximum Gasteiger partial charge on any atom is 0.343 e. The summed E-state index contributed by atoms with van der Waals surface area (Å²) >= 11 is 7.29. The lowest BCUT2D eigenvalue weighted by atomic mass is 10.2. The second kappa shape index (κ2) is 4.95. The molecule has 17 heavy (non-hydrogen) atoms. The second-order valence-electron chi connectivity index (χ2n) is 3.38. The largest absolute Gasteiger partial charge is 0.392 e. The number of benzene rings is 1. The lowest BCUT2D eigenvalue weighted by Crippen LogP contribution is -2.12. The molecule has 1 aromatic carbocycles. The van der Waals surface area contributed by atoms with Crippen LogP contribution in [0.4, 0.5) is 0 Å². The molecule has 5 nitrogen and oxygen atoms in total. The predicted octanol–water partition coefficient (Wildman–Crippen LogP) is 1.41. The van der Waals surface area contributed by atoms with E-state index in [1.165, 1.54) is 16.3 Å². The van der Waals surface area contributed by atoms with Crippen molar-refractivity contribution in [1.82, 2.24) is 14.8 Å². The smallest absolute Gasteiger partial charge is 0.343 e. The Morgan fingerprint density at radius 1 is 1.59 bits per heavy atom. The highest BCUT2D eigenvalue weighted by atomic mass is 35.5. The van der Waals surface area contributed by atoms with Gasteiger partial charge in [0.15, 0.2) is 5.16 Å². The van der Waals surface area contributed by atoms with Gasteiger partial charge in [-0.2, -0.15) is 0 Å². The highest BCUT2D eigenvalue weighted by molar-refractivity contribution is 7.99. The van der Waals surface area contributed by atoms with Crippen LogP contribution in [0.2, 0.25) is 5.02 Å². The van der Waals surface area contributed by atoms with Gasteiger partial charge in [-0.05, 0) is 29.5 Å². The Balaban J connectivity index is 2.28. The Labute approximate surface area is 106 Å². The SMILES string of the molecule is Cn1c(Sc2ccc(CO)c(Cl)c2)n[nH]c1=O. The fourth-order valence-corrected chi connectivity index (χ4v) is 2.39. The molecule has 0 fully saturated rings. The van der Waals surface area contributed by atoms with Crippen molar-refractivity contribution in [3.8, 4) is 0 Å². The van der Waals surface area contributed by atoms with E-state index in [0.29, 0.717) is 15.7 Å². The van der Waals surface area contributed by atoms with Crippen LogP contribution >= 0.6 is 23.4 Å². The summed E-state index contributed by atoms with van der Waals surface area (Å²) in [6.45, 7) is -0.0926. The van der Waals surface area contributed by atoms with Crippen LogP contribution in [0, 0.1) is 0 Å². The summed E-state index contributed by atoms with van der Waals surface area (Å²) in [5.74, 6) is 0. The van der Waals surface area contributed by atoms with E-state index in [-0.39, 0.29) is 12.3 Å². The first-order valence-electron chi connectivity index (χ1n) is 4.80. The number of hydrogen-bond acceptors (Lipinski definition) is 4. The summed E-state index contributed by atoms with van der Waals surface area (Å²) in [6.07, 6.45) is 0. The molecule has 0 aliphatic heterocycles. The van der Waals surface area contributed by atoms with Crippen molar-refractivity contribution in [2.24, 2.45) is 7.05 Å². The van der Waals surface area contributed by atoms with Crippen LogP contribution in [0.3, 0.4) is 0 Å². The molecule has 0 aliphatic rings. The molecule has 1 aromatic heterocycles. The quantitative estimate of drug-likeness (QED) is 0.885. The third kappa shape index (κ3) is 2.54. The van der Waals surface area contributed by atoms with Gasteiger partial charge in [0.25, 0.3) is 0 Å². The normalized spacial score (nSPS) is 10.8. The first-order valence-corrected chi connectivity index (χ1v) is 6.00. The van der Waals surface area contributed by atoms with Crippen molar-refractivity contribution < 1.29 is 5.11 Å². The van der Waals surface area contributed by atoms with Gasteiger partial charge in [-0.15, -0.1) is 5.10 Å². The molecule has 0 aliphatic carbocycles. The van der Waals surface area contributed by atoms with E-state index < -0.39 is 0 Å². The Hall–Kier alpha value is -1.24. The molecule has 0 bridgehead atoms. The van der Waals surface area contributed by atoms with Gasteiger partial charge in [0.2, 0.25) is 0 Å². The monoisotopic (exact) mass is 271 g/mol. The summed E-state index contributed by atoms with van der Waals surface area (Å²) in [4.78, 5) is 12.0. The second-order valence-corrected chi connectivity index (χ2v) is 4.83. The standard InChI is InChI=1S/C10H10ClN3O2S/c1-14-9(16)12-13-10(14)17-7-3-2-6(5-15)8(11)4-7/h2-4,15H,5H2,1H3,(H,12,16). The van der Waals surface area contributed by atoms with Crippen molar-refractivity contribution >= 4 is 23.4 Å². The van der Waals surface area contributed by atoms with Crippen molar-refractivity contribution in [3.63, 3.8) is 0 Å². The fraction of sp³-hybridized carbons (Fsp3) is 0.200. The van der Waals surface area contributed by atoms with Crippen molar-refractivity contribution in [3.05, 3.63) is 39.3 Å². The van der Waals surface area contributed by atoms with Gasteiger partial charge < -0.3 is 5.11 Å². The van der Waals surface area contributed by atoms with E-state index in [1.54, 1.807) is 19.2 Å². The number of aromatic amines is 1. The molecule has 2 aromatic rings. The summed E-state index contributed by atoms with van der Waals surface area (Å²) in [7, 11) is 1.64. The van der Waals surface area contributed by atoms with Crippen LogP contribution in [-0.2, 0) is 13.7 Å². The number of hydrogen-bond donors (Lipinski definition) is 2. The topological polar surface area (TPSA) is 70.9 Å². The molecule has 90 valence electrons. The Bertz CT molecular complexity index is 593. The van der Waals surface area contributed by atoms with Gasteiger partial charge in [-0.1, -0.05) is 17.7 Å². The van der Waals surface area contributed by atoms with Crippen molar-refractivity contribution in [2.75, 3.05) is 0 Å². The summed E-state index contributed by atoms with van der Waals surface area (Å²) in [6, 6.07) is 5.30. The first-order chi connectivity index (χ1) is 8.11. The highest BCUT2D eigenvalue weighted by Crippen LogP contribution is 2.28. The zero-order valence-electron chi connectivity index (χ0n) is 8.98. The average molecular weight is 272 g/mol. The highest BCUT2D eigenvalue weighted by Gasteiger charge is 2.07.